The number of hydrogen-bond donors (Lipinski definition) is 0. The largest absolute Gasteiger partial charge is 0.497 e. The van der Waals surface area contributed by atoms with Crippen LogP contribution in [0, 0.1) is 0 Å². The second kappa shape index (κ2) is 13.3. The number of ether oxygens (including phenoxy) is 1. The third-order valence-corrected chi connectivity index (χ3v) is 57.9. The van der Waals surface area contributed by atoms with Crippen LogP contribution in [0.2, 0.25) is 38.3 Å². The molecule has 0 amide bonds. The maximum Gasteiger partial charge on any atom is 0.188 e. The number of benzene rings is 34. The molecule has 14 aliphatic carbocycles. The lowest BCUT2D eigenvalue weighted by Gasteiger charge is -2.68. The highest BCUT2D eigenvalue weighted by atomic mass is 28.4. The quantitative estimate of drug-likeness (QED) is 0.0954. The number of methoxy groups -OCH3 is 1. The molecule has 6 atom stereocenters. The summed E-state index contributed by atoms with van der Waals surface area (Å²) in [5.74, 6) is 0.944. The van der Waals surface area contributed by atoms with Crippen LogP contribution < -0.4 is 4.74 Å². The minimum absolute atomic E-state index is 0.0361. The van der Waals surface area contributed by atoms with Gasteiger partial charge in [-0.1, -0.05) is 18.2 Å². The molecule has 52 aromatic carbocycles. The van der Waals surface area contributed by atoms with Crippen molar-refractivity contribution in [3.63, 3.8) is 0 Å². The molecule has 0 aliphatic heterocycles. The van der Waals surface area contributed by atoms with Crippen molar-refractivity contribution in [3.05, 3.63) is 119 Å². The number of hydrogen-bond acceptors (Lipinski definition) is 3. The van der Waals surface area contributed by atoms with E-state index in [2.05, 4.69) is 84.2 Å². The fourth-order valence-corrected chi connectivity index (χ4v) is 60.3. The van der Waals surface area contributed by atoms with E-state index in [0.29, 0.717) is 0 Å². The van der Waals surface area contributed by atoms with Crippen LogP contribution in [-0.2, 0) is 41.3 Å². The number of rotatable bonds is 11. The molecule has 3 nitrogen and oxygen atoms in total. The molecule has 5 heteroatoms. The van der Waals surface area contributed by atoms with Crippen molar-refractivity contribution < 1.29 is 13.6 Å². The topological polar surface area (TPSA) is 27.7 Å². The zero-order valence-electron chi connectivity index (χ0n) is 78.2. The molecule has 0 aromatic heterocycles. The Balaban J connectivity index is 0.745. The molecule has 0 bridgehead atoms. The van der Waals surface area contributed by atoms with Crippen molar-refractivity contribution in [1.29, 1.82) is 0 Å². The molecule has 0 radical (unpaired) electrons. The highest BCUT2D eigenvalue weighted by Crippen LogP contribution is 2.99. The summed E-state index contributed by atoms with van der Waals surface area (Å²) in [4.78, 5) is 0. The van der Waals surface area contributed by atoms with E-state index in [0.717, 1.165) is 17.8 Å². The lowest BCUT2D eigenvalue weighted by Crippen LogP contribution is -2.66. The van der Waals surface area contributed by atoms with Gasteiger partial charge in [0.1, 0.15) is 5.75 Å². The van der Waals surface area contributed by atoms with Gasteiger partial charge < -0.3 is 13.6 Å². The number of allylic oxidation sites excluding steroid dienone is 4. The summed E-state index contributed by atoms with van der Waals surface area (Å²) in [5, 5.41) is 164. The summed E-state index contributed by atoms with van der Waals surface area (Å²) in [6.45, 7) is 20.9. The van der Waals surface area contributed by atoms with Gasteiger partial charge in [0, 0.05) is 23.0 Å². The zero-order chi connectivity index (χ0) is 88.8. The maximum absolute atomic E-state index is 8.50. The smallest absolute Gasteiger partial charge is 0.188 e. The van der Waals surface area contributed by atoms with Gasteiger partial charge in [-0.25, -0.2) is 0 Å². The normalized spacial score (nSPS) is 24.6. The zero-order valence-corrected chi connectivity index (χ0v) is 80.2. The third kappa shape index (κ3) is 3.25. The maximum atomic E-state index is 8.50. The monoisotopic (exact) mass is 1830 g/mol. The molecular formula is C141H38O3Si2. The van der Waals surface area contributed by atoms with E-state index in [1.807, 2.05) is 34.9 Å². The summed E-state index contributed by atoms with van der Waals surface area (Å²) in [6.07, 6.45) is 3.27. The van der Waals surface area contributed by atoms with Gasteiger partial charge in [-0.05, 0) is 706 Å². The van der Waals surface area contributed by atoms with E-state index in [-0.39, 0.29) is 12.2 Å². The van der Waals surface area contributed by atoms with Crippen molar-refractivity contribution in [2.24, 2.45) is 0 Å². The molecule has 0 heterocycles. The molecular weight excluding hydrogens is 1800 g/mol. The van der Waals surface area contributed by atoms with Crippen LogP contribution in [-0.4, -0.2) is 36.0 Å². The molecule has 66 rings (SSSR count). The van der Waals surface area contributed by atoms with E-state index < -0.39 is 49.1 Å². The predicted octanol–water partition coefficient (Wildman–Crippen LogP) is 37.0. The fraction of sp³-hybridized carbons (Fsp3) is 0.135. The standard InChI is InChI=1S/C141H38O3Si2/c1-17(2)143-145(6,7)15-136-121-103-84-72-45-34-24-25-27-23-22-26(24)41(45)52-47-30(22)36-32(23)49-53-42(27)46-35(25)40-39(34)60-75-61(40)77-73(46)85-79(53)90-64(49)70-58(36)66-62(47)87(78(52)84)108(121)114-94(66)97(70)118-112(90)123-104(85)100(77)107-101(75)106(99(103)76(60)72)127(136)131(107)140(123,132(118)128(114)136)141-124-105-86-74-51-43-29-28-31-37-38-33(28)50-54(43)80(86)91-65(50)71-59(38)68-67-57(37)69-63-48(31)55-44(29)56(51)82-89-81(55)88(63)110-117-96(69)93(67)115-116-95(68)98(71)119(113(91)124)133(141)129(116)137(16-146(8,9)144-18(3)4)126(115)130(117)138-14-21(19-10-12-20(142-5)13-11-19)139(138)125-111(109(89)122(110)138)92(82)83(74)102(105)120(125)134(141)135(137)139/h10-14,17-18H,15-16H2,1-9H3. The van der Waals surface area contributed by atoms with E-state index >= 15 is 0 Å². The molecule has 2 spiro atoms. The first-order chi connectivity index (χ1) is 71.8. The van der Waals surface area contributed by atoms with Crippen LogP contribution >= 0.6 is 0 Å². The van der Waals surface area contributed by atoms with Crippen LogP contribution in [0.1, 0.15) is 111 Å². The SMILES string of the molecule is COc1ccc(C2=CC34c5c6c7c8c9c%10c%11c%12c%13c%14c%15c%16c(c%17c%18c3c3c5c5c7c7c%19c8c%11c8c%11c%12c%12c%14c%14c%15c%17c%15c%18c%17c3c3c5c7c5c(c%198)c7c%11c%12c8c%14c%15c%11c%17c3c5c7c%118)C24C(=C%16C%10%13C23c4c5c7c8c%10c%11c%12c%13c(c2c2c%14c3c3c%15c4c7c4c7c8c8c%10c%10c%12c%12c%16c%13c2c2c%13c%14c%14c3c3c%15c4c4c7c7c8c8c%10c%12c%10c(c%162)c2c%13c%14c%12c3c4c3c%12c2c%10c8c73)C5%11C[Si](C)(C)OC(C)C)C69C[Si](C)(C)OC(C)C)cc1. The van der Waals surface area contributed by atoms with Crippen LogP contribution in [0.3, 0.4) is 0 Å². The molecule has 52 aromatic rings. The minimum Gasteiger partial charge on any atom is -0.497 e. The van der Waals surface area contributed by atoms with Crippen molar-refractivity contribution in [2.75, 3.05) is 7.11 Å². The van der Waals surface area contributed by atoms with Gasteiger partial charge in [0.25, 0.3) is 0 Å². The Morgan fingerprint density at radius 2 is 0.404 bits per heavy atom. The first-order valence-electron chi connectivity index (χ1n) is 55.4. The van der Waals surface area contributed by atoms with Gasteiger partial charge >= 0.3 is 0 Å². The Bertz CT molecular complexity index is 16700. The van der Waals surface area contributed by atoms with Crippen molar-refractivity contribution >= 4 is 556 Å². The second-order valence-electron chi connectivity index (χ2n) is 56.1. The van der Waals surface area contributed by atoms with Gasteiger partial charge in [0.05, 0.1) is 28.8 Å². The van der Waals surface area contributed by atoms with Gasteiger partial charge in [-0.3, -0.25) is 0 Å². The Morgan fingerprint density at radius 1 is 0.199 bits per heavy atom. The highest BCUT2D eigenvalue weighted by Gasteiger charge is 2.87. The molecule has 6 unspecified atom stereocenters. The van der Waals surface area contributed by atoms with Crippen molar-refractivity contribution in [2.45, 2.75) is 111 Å². The molecule has 0 saturated heterocycles. The Morgan fingerprint density at radius 3 is 0.726 bits per heavy atom. The van der Waals surface area contributed by atoms with Crippen LogP contribution in [0.5, 0.6) is 5.75 Å². The summed E-state index contributed by atoms with van der Waals surface area (Å²) < 4.78 is 23.4. The fourth-order valence-electron chi connectivity index (χ4n) is 54.0. The molecule has 14 aliphatic rings. The molecule has 0 saturated carbocycles. The first kappa shape index (κ1) is 58.3. The van der Waals surface area contributed by atoms with Gasteiger partial charge in [0.15, 0.2) is 16.6 Å². The summed E-state index contributed by atoms with van der Waals surface area (Å²) in [6, 6.07) is 12.0. The molecule has 0 N–H and O–H groups in total. The average Bonchev–Trinajstić information content (AvgIpc) is 1.35. The Labute approximate surface area is 805 Å². The van der Waals surface area contributed by atoms with Gasteiger partial charge in [-0.2, -0.15) is 0 Å². The lowest BCUT2D eigenvalue weighted by molar-refractivity contribution is 0.225. The Hall–Kier alpha value is -15.7. The highest BCUT2D eigenvalue weighted by molar-refractivity contribution is 6.87. The third-order valence-electron chi connectivity index (χ3n) is 52.9. The first-order valence-corrected chi connectivity index (χ1v) is 61.6. The lowest BCUT2D eigenvalue weighted by atomic mass is 9.32. The molecule has 628 valence electrons. The summed E-state index contributed by atoms with van der Waals surface area (Å²) in [5.41, 5.74) is 27.2. The van der Waals surface area contributed by atoms with Crippen molar-refractivity contribution in [3.8, 4) is 5.75 Å². The Kier molecular flexibility index (Phi) is 5.33. The average molecular weight is 1840 g/mol. The van der Waals surface area contributed by atoms with Crippen LogP contribution in [0.25, 0.3) is 539 Å². The summed E-state index contributed by atoms with van der Waals surface area (Å²) >= 11 is 0. The van der Waals surface area contributed by atoms with E-state index in [1.165, 1.54) is 5.56 Å². The van der Waals surface area contributed by atoms with Crippen LogP contribution in [0.15, 0.2) is 35.9 Å². The van der Waals surface area contributed by atoms with E-state index in [1.54, 1.807) is 595 Å². The predicted molar refractivity (Wildman–Crippen MR) is 616 cm³/mol. The van der Waals surface area contributed by atoms with Crippen molar-refractivity contribution in [1.82, 2.24) is 0 Å². The van der Waals surface area contributed by atoms with Gasteiger partial charge in [-0.15, -0.1) is 0 Å². The second-order valence-corrected chi connectivity index (χ2v) is 64.3. The van der Waals surface area contributed by atoms with Gasteiger partial charge in [0.2, 0.25) is 0 Å². The minimum atomic E-state index is -3.03. The van der Waals surface area contributed by atoms with E-state index in [9.17, 15) is 0 Å². The molecule has 146 heavy (non-hydrogen) atoms. The van der Waals surface area contributed by atoms with E-state index in [4.69, 9.17) is 13.6 Å². The van der Waals surface area contributed by atoms with Crippen LogP contribution in [0.4, 0.5) is 0 Å². The molecule has 0 fully saturated rings. The summed E-state index contributed by atoms with van der Waals surface area (Å²) in [7, 11) is -4.05.